The molecular weight excluding hydrogens is 234 g/mol. The highest BCUT2D eigenvalue weighted by molar-refractivity contribution is 5.45. The van der Waals surface area contributed by atoms with Gasteiger partial charge in [-0.25, -0.2) is 0 Å². The van der Waals surface area contributed by atoms with E-state index < -0.39 is 5.54 Å². The second-order valence-corrected chi connectivity index (χ2v) is 5.18. The van der Waals surface area contributed by atoms with Gasteiger partial charge in [0.1, 0.15) is 5.75 Å². The summed E-state index contributed by atoms with van der Waals surface area (Å²) in [5.41, 5.74) is 10.8. The third-order valence-corrected chi connectivity index (χ3v) is 3.83. The fourth-order valence-corrected chi connectivity index (χ4v) is 2.42. The minimum absolute atomic E-state index is 0.523. The molecule has 0 aliphatic rings. The van der Waals surface area contributed by atoms with Crippen molar-refractivity contribution in [3.63, 3.8) is 0 Å². The summed E-state index contributed by atoms with van der Waals surface area (Å²) in [6.07, 6.45) is 0. The predicted octanol–water partition coefficient (Wildman–Crippen LogP) is 3.53. The molecule has 0 aliphatic heterocycles. The van der Waals surface area contributed by atoms with Gasteiger partial charge in [-0.1, -0.05) is 30.3 Å². The quantitative estimate of drug-likeness (QED) is 0.910. The summed E-state index contributed by atoms with van der Waals surface area (Å²) in [6, 6.07) is 14.2. The molecule has 0 saturated carbocycles. The van der Waals surface area contributed by atoms with E-state index in [1.165, 1.54) is 11.1 Å². The molecule has 2 aromatic rings. The number of aryl methyl sites for hydroxylation is 1. The lowest BCUT2D eigenvalue weighted by Crippen LogP contribution is -2.35. The van der Waals surface area contributed by atoms with Crippen molar-refractivity contribution in [2.24, 2.45) is 5.73 Å². The Bertz CT molecular complexity index is 588. The van der Waals surface area contributed by atoms with Crippen molar-refractivity contribution in [2.75, 3.05) is 7.11 Å². The predicted molar refractivity (Wildman–Crippen MR) is 79.6 cm³/mol. The molecule has 1 atom stereocenters. The van der Waals surface area contributed by atoms with Crippen LogP contribution in [0.1, 0.15) is 29.2 Å². The highest BCUT2D eigenvalue weighted by Crippen LogP contribution is 2.31. The van der Waals surface area contributed by atoms with Gasteiger partial charge in [-0.15, -0.1) is 0 Å². The van der Waals surface area contributed by atoms with Crippen molar-refractivity contribution in [2.45, 2.75) is 26.3 Å². The monoisotopic (exact) mass is 255 g/mol. The van der Waals surface area contributed by atoms with E-state index in [0.29, 0.717) is 0 Å². The molecule has 1 unspecified atom stereocenters. The molecule has 0 bridgehead atoms. The van der Waals surface area contributed by atoms with E-state index in [-0.39, 0.29) is 0 Å². The van der Waals surface area contributed by atoms with Gasteiger partial charge in [0.25, 0.3) is 0 Å². The van der Waals surface area contributed by atoms with Crippen LogP contribution < -0.4 is 10.5 Å². The molecular formula is C17H21NO. The number of hydrogen-bond acceptors (Lipinski definition) is 2. The van der Waals surface area contributed by atoms with E-state index in [9.17, 15) is 0 Å². The molecule has 0 fully saturated rings. The van der Waals surface area contributed by atoms with Gasteiger partial charge in [0.2, 0.25) is 0 Å². The maximum atomic E-state index is 6.60. The average Bonchev–Trinajstić information content (AvgIpc) is 2.41. The van der Waals surface area contributed by atoms with E-state index in [0.717, 1.165) is 16.9 Å². The van der Waals surface area contributed by atoms with Gasteiger partial charge >= 0.3 is 0 Å². The largest absolute Gasteiger partial charge is 0.497 e. The van der Waals surface area contributed by atoms with E-state index >= 15 is 0 Å². The molecule has 2 N–H and O–H groups in total. The van der Waals surface area contributed by atoms with Crippen molar-refractivity contribution < 1.29 is 4.74 Å². The van der Waals surface area contributed by atoms with Crippen LogP contribution in [0, 0.1) is 13.8 Å². The molecule has 2 aromatic carbocycles. The Balaban J connectivity index is 2.54. The molecule has 0 spiro atoms. The third kappa shape index (κ3) is 2.49. The Kier molecular flexibility index (Phi) is 3.63. The maximum Gasteiger partial charge on any atom is 0.119 e. The lowest BCUT2D eigenvalue weighted by Gasteiger charge is -2.28. The summed E-state index contributed by atoms with van der Waals surface area (Å²) in [5.74, 6) is 0.833. The molecule has 0 heterocycles. The van der Waals surface area contributed by atoms with E-state index in [4.69, 9.17) is 10.5 Å². The lowest BCUT2D eigenvalue weighted by atomic mass is 9.82. The molecule has 2 nitrogen and oxygen atoms in total. The molecule has 0 radical (unpaired) electrons. The van der Waals surface area contributed by atoms with Crippen molar-refractivity contribution in [3.05, 3.63) is 64.7 Å². The van der Waals surface area contributed by atoms with Crippen LogP contribution in [0.4, 0.5) is 0 Å². The lowest BCUT2D eigenvalue weighted by molar-refractivity contribution is 0.413. The Morgan fingerprint density at radius 3 is 2.42 bits per heavy atom. The van der Waals surface area contributed by atoms with Crippen LogP contribution in [0.2, 0.25) is 0 Å². The summed E-state index contributed by atoms with van der Waals surface area (Å²) in [6.45, 7) is 6.28. The zero-order valence-electron chi connectivity index (χ0n) is 12.0. The Hall–Kier alpha value is -1.80. The number of nitrogens with two attached hydrogens (primary N) is 1. The molecule has 0 aromatic heterocycles. The van der Waals surface area contributed by atoms with Gasteiger partial charge in [-0.05, 0) is 55.2 Å². The van der Waals surface area contributed by atoms with Crippen molar-refractivity contribution in [1.82, 2.24) is 0 Å². The van der Waals surface area contributed by atoms with Crippen LogP contribution in [0.3, 0.4) is 0 Å². The van der Waals surface area contributed by atoms with Gasteiger partial charge in [0.15, 0.2) is 0 Å². The number of methoxy groups -OCH3 is 1. The van der Waals surface area contributed by atoms with E-state index in [1.54, 1.807) is 7.11 Å². The third-order valence-electron chi connectivity index (χ3n) is 3.83. The van der Waals surface area contributed by atoms with Crippen molar-refractivity contribution >= 4 is 0 Å². The summed E-state index contributed by atoms with van der Waals surface area (Å²) in [7, 11) is 1.67. The second kappa shape index (κ2) is 5.06. The van der Waals surface area contributed by atoms with Crippen LogP contribution in [-0.2, 0) is 5.54 Å². The standard InChI is InChI=1S/C17H21NO/c1-12-7-5-10-16(13(12)2)17(3,18)14-8-6-9-15(11-14)19-4/h5-11H,18H2,1-4H3. The highest BCUT2D eigenvalue weighted by Gasteiger charge is 2.26. The van der Waals surface area contributed by atoms with Gasteiger partial charge in [-0.3, -0.25) is 0 Å². The van der Waals surface area contributed by atoms with Crippen molar-refractivity contribution in [1.29, 1.82) is 0 Å². The Labute approximate surface area is 115 Å². The molecule has 100 valence electrons. The topological polar surface area (TPSA) is 35.2 Å². The maximum absolute atomic E-state index is 6.60. The first-order chi connectivity index (χ1) is 8.96. The molecule has 19 heavy (non-hydrogen) atoms. The van der Waals surface area contributed by atoms with Crippen LogP contribution in [0.25, 0.3) is 0 Å². The summed E-state index contributed by atoms with van der Waals surface area (Å²) in [4.78, 5) is 0. The zero-order chi connectivity index (χ0) is 14.0. The van der Waals surface area contributed by atoms with Gasteiger partial charge in [0, 0.05) is 0 Å². The number of benzene rings is 2. The Morgan fingerprint density at radius 2 is 1.74 bits per heavy atom. The molecule has 0 saturated heterocycles. The number of hydrogen-bond donors (Lipinski definition) is 1. The molecule has 0 amide bonds. The van der Waals surface area contributed by atoms with Crippen LogP contribution >= 0.6 is 0 Å². The number of rotatable bonds is 3. The van der Waals surface area contributed by atoms with Gasteiger partial charge in [0.05, 0.1) is 12.6 Å². The normalized spacial score (nSPS) is 13.9. The minimum atomic E-state index is -0.523. The van der Waals surface area contributed by atoms with Gasteiger partial charge in [-0.2, -0.15) is 0 Å². The SMILES string of the molecule is COc1cccc(C(C)(N)c2cccc(C)c2C)c1. The van der Waals surface area contributed by atoms with Crippen LogP contribution in [0.15, 0.2) is 42.5 Å². The fourth-order valence-electron chi connectivity index (χ4n) is 2.42. The zero-order valence-corrected chi connectivity index (χ0v) is 12.0. The van der Waals surface area contributed by atoms with Gasteiger partial charge < -0.3 is 10.5 Å². The van der Waals surface area contributed by atoms with Crippen LogP contribution in [0.5, 0.6) is 5.75 Å². The number of ether oxygens (including phenoxy) is 1. The first kappa shape index (κ1) is 13.6. The second-order valence-electron chi connectivity index (χ2n) is 5.18. The smallest absolute Gasteiger partial charge is 0.119 e. The highest BCUT2D eigenvalue weighted by atomic mass is 16.5. The minimum Gasteiger partial charge on any atom is -0.497 e. The summed E-state index contributed by atoms with van der Waals surface area (Å²) < 4.78 is 5.28. The van der Waals surface area contributed by atoms with Crippen LogP contribution in [-0.4, -0.2) is 7.11 Å². The fraction of sp³-hybridized carbons (Fsp3) is 0.294. The average molecular weight is 255 g/mol. The van der Waals surface area contributed by atoms with E-state index in [1.807, 2.05) is 31.2 Å². The molecule has 2 rings (SSSR count). The molecule has 0 aliphatic carbocycles. The summed E-state index contributed by atoms with van der Waals surface area (Å²) >= 11 is 0. The Morgan fingerprint density at radius 1 is 1.05 bits per heavy atom. The van der Waals surface area contributed by atoms with E-state index in [2.05, 4.69) is 32.0 Å². The summed E-state index contributed by atoms with van der Waals surface area (Å²) in [5, 5.41) is 0. The molecule has 2 heteroatoms. The van der Waals surface area contributed by atoms with Crippen molar-refractivity contribution in [3.8, 4) is 5.75 Å². The first-order valence-electron chi connectivity index (χ1n) is 6.47. The first-order valence-corrected chi connectivity index (χ1v) is 6.47.